The van der Waals surface area contributed by atoms with Crippen LogP contribution in [0.2, 0.25) is 0 Å². The zero-order valence-corrected chi connectivity index (χ0v) is 14.2. The molecule has 5 heteroatoms. The van der Waals surface area contributed by atoms with E-state index in [1.54, 1.807) is 0 Å². The molecule has 0 aliphatic carbocycles. The van der Waals surface area contributed by atoms with Crippen molar-refractivity contribution in [3.63, 3.8) is 0 Å². The van der Waals surface area contributed by atoms with Gasteiger partial charge in [-0.05, 0) is 30.0 Å². The van der Waals surface area contributed by atoms with E-state index in [2.05, 4.69) is 17.0 Å². The van der Waals surface area contributed by atoms with Gasteiger partial charge in [-0.1, -0.05) is 31.2 Å². The largest absolute Gasteiger partial charge is 0.396 e. The average molecular weight is 338 g/mol. The number of aromatic nitrogens is 1. The molecule has 0 amide bonds. The number of nitrogens with zero attached hydrogens (tertiary/aromatic N) is 2. The van der Waals surface area contributed by atoms with Gasteiger partial charge < -0.3 is 19.9 Å². The number of aliphatic hydroxyl groups is 2. The molecule has 0 saturated heterocycles. The van der Waals surface area contributed by atoms with Crippen molar-refractivity contribution in [1.82, 2.24) is 9.88 Å². The first-order chi connectivity index (χ1) is 12.1. The molecule has 2 aliphatic heterocycles. The second kappa shape index (κ2) is 6.24. The lowest BCUT2D eigenvalue weighted by Crippen LogP contribution is -2.46. The summed E-state index contributed by atoms with van der Waals surface area (Å²) in [5, 5.41) is 20.8. The van der Waals surface area contributed by atoms with Crippen molar-refractivity contribution in [1.29, 1.82) is 0 Å². The summed E-state index contributed by atoms with van der Waals surface area (Å²) in [6, 6.07) is 10.3. The van der Waals surface area contributed by atoms with E-state index in [1.807, 2.05) is 31.2 Å². The lowest BCUT2D eigenvalue weighted by Gasteiger charge is -2.42. The predicted octanol–water partition coefficient (Wildman–Crippen LogP) is 1.97. The second-order valence-corrected chi connectivity index (χ2v) is 7.01. The van der Waals surface area contributed by atoms with Crippen molar-refractivity contribution >= 4 is 22.9 Å². The van der Waals surface area contributed by atoms with Gasteiger partial charge in [0.2, 0.25) is 0 Å². The zero-order chi connectivity index (χ0) is 17.6. The fourth-order valence-corrected chi connectivity index (χ4v) is 4.30. The number of hydrogen-bond acceptors (Lipinski definition) is 5. The third-order valence-electron chi connectivity index (χ3n) is 5.62. The number of rotatable bonds is 4. The Kier molecular flexibility index (Phi) is 4.06. The van der Waals surface area contributed by atoms with Crippen LogP contribution in [-0.2, 0) is 11.3 Å². The third kappa shape index (κ3) is 2.55. The SMILES string of the molecule is CC1C(C(O)C=O)C=C2c3nc4ccccc4cc3CN2C1CCO. The van der Waals surface area contributed by atoms with E-state index in [9.17, 15) is 15.0 Å². The molecule has 2 N–H and O–H groups in total. The van der Waals surface area contributed by atoms with Crippen molar-refractivity contribution in [2.75, 3.05) is 6.61 Å². The lowest BCUT2D eigenvalue weighted by atomic mass is 9.78. The van der Waals surface area contributed by atoms with E-state index in [0.29, 0.717) is 12.7 Å². The predicted molar refractivity (Wildman–Crippen MR) is 95.5 cm³/mol. The minimum absolute atomic E-state index is 0.0693. The van der Waals surface area contributed by atoms with Crippen LogP contribution in [0.3, 0.4) is 0 Å². The Morgan fingerprint density at radius 1 is 1.40 bits per heavy atom. The highest BCUT2D eigenvalue weighted by molar-refractivity contribution is 5.84. The molecular weight excluding hydrogens is 316 g/mol. The van der Waals surface area contributed by atoms with E-state index in [0.717, 1.165) is 34.4 Å². The fourth-order valence-electron chi connectivity index (χ4n) is 4.30. The highest BCUT2D eigenvalue weighted by Crippen LogP contribution is 2.44. The second-order valence-electron chi connectivity index (χ2n) is 7.01. The molecule has 4 atom stereocenters. The Labute approximate surface area is 146 Å². The molecule has 4 rings (SSSR count). The summed E-state index contributed by atoms with van der Waals surface area (Å²) in [6.07, 6.45) is 2.17. The van der Waals surface area contributed by atoms with Crippen molar-refractivity contribution < 1.29 is 15.0 Å². The minimum Gasteiger partial charge on any atom is -0.396 e. The Morgan fingerprint density at radius 3 is 2.96 bits per heavy atom. The number of hydrogen-bond donors (Lipinski definition) is 2. The normalized spacial score (nSPS) is 26.1. The van der Waals surface area contributed by atoms with Crippen molar-refractivity contribution in [3.05, 3.63) is 47.7 Å². The molecule has 2 aliphatic rings. The van der Waals surface area contributed by atoms with E-state index in [-0.39, 0.29) is 24.5 Å². The maximum absolute atomic E-state index is 11.2. The van der Waals surface area contributed by atoms with E-state index < -0.39 is 6.10 Å². The highest BCUT2D eigenvalue weighted by atomic mass is 16.3. The van der Waals surface area contributed by atoms with E-state index in [4.69, 9.17) is 4.98 Å². The van der Waals surface area contributed by atoms with Crippen LogP contribution in [0.5, 0.6) is 0 Å². The Hall–Kier alpha value is -2.24. The van der Waals surface area contributed by atoms with Gasteiger partial charge in [0, 0.05) is 30.5 Å². The molecule has 0 spiro atoms. The molecule has 0 radical (unpaired) electrons. The van der Waals surface area contributed by atoms with Gasteiger partial charge in [-0.15, -0.1) is 0 Å². The van der Waals surface area contributed by atoms with Gasteiger partial charge in [0.15, 0.2) is 0 Å². The molecule has 0 bridgehead atoms. The van der Waals surface area contributed by atoms with Gasteiger partial charge in [0.25, 0.3) is 0 Å². The summed E-state index contributed by atoms with van der Waals surface area (Å²) in [7, 11) is 0. The number of aliphatic hydroxyl groups excluding tert-OH is 2. The fraction of sp³-hybridized carbons (Fsp3) is 0.400. The Bertz CT molecular complexity index is 848. The van der Waals surface area contributed by atoms with Crippen LogP contribution in [0.25, 0.3) is 16.6 Å². The van der Waals surface area contributed by atoms with Gasteiger partial charge in [0.05, 0.1) is 16.9 Å². The van der Waals surface area contributed by atoms with Gasteiger partial charge in [-0.25, -0.2) is 4.98 Å². The molecule has 5 nitrogen and oxygen atoms in total. The van der Waals surface area contributed by atoms with Crippen LogP contribution in [0, 0.1) is 11.8 Å². The van der Waals surface area contributed by atoms with Gasteiger partial charge in [-0.2, -0.15) is 0 Å². The first-order valence-electron chi connectivity index (χ1n) is 8.75. The molecule has 1 aromatic carbocycles. The first kappa shape index (κ1) is 16.2. The monoisotopic (exact) mass is 338 g/mol. The van der Waals surface area contributed by atoms with E-state index in [1.165, 1.54) is 0 Å². The molecule has 4 unspecified atom stereocenters. The van der Waals surface area contributed by atoms with E-state index >= 15 is 0 Å². The molecular formula is C20H22N2O3. The summed E-state index contributed by atoms with van der Waals surface area (Å²) in [4.78, 5) is 18.3. The summed E-state index contributed by atoms with van der Waals surface area (Å²) in [6.45, 7) is 2.87. The maximum atomic E-state index is 11.2. The number of aldehydes is 1. The number of carbonyl (C=O) groups excluding carboxylic acids is 1. The summed E-state index contributed by atoms with van der Waals surface area (Å²) >= 11 is 0. The number of fused-ring (bicyclic) bond motifs is 4. The molecule has 1 aromatic heterocycles. The topological polar surface area (TPSA) is 73.7 Å². The third-order valence-corrected chi connectivity index (χ3v) is 5.62. The Morgan fingerprint density at radius 2 is 2.20 bits per heavy atom. The van der Waals surface area contributed by atoms with Crippen molar-refractivity contribution in [2.24, 2.45) is 11.8 Å². The average Bonchev–Trinajstić information content (AvgIpc) is 2.98. The highest BCUT2D eigenvalue weighted by Gasteiger charge is 2.42. The summed E-state index contributed by atoms with van der Waals surface area (Å²) in [5.74, 6) is -0.195. The zero-order valence-electron chi connectivity index (χ0n) is 14.2. The molecule has 2 aromatic rings. The molecule has 25 heavy (non-hydrogen) atoms. The van der Waals surface area contributed by atoms with Crippen molar-refractivity contribution in [2.45, 2.75) is 32.0 Å². The van der Waals surface area contributed by atoms with Crippen LogP contribution >= 0.6 is 0 Å². The van der Waals surface area contributed by atoms with Gasteiger partial charge >= 0.3 is 0 Å². The lowest BCUT2D eigenvalue weighted by molar-refractivity contribution is -0.117. The van der Waals surface area contributed by atoms with Crippen LogP contribution in [0.15, 0.2) is 36.4 Å². The summed E-state index contributed by atoms with van der Waals surface area (Å²) < 4.78 is 0. The molecule has 130 valence electrons. The maximum Gasteiger partial charge on any atom is 0.149 e. The standard InChI is InChI=1S/C20H22N2O3/c1-12-15(19(25)11-24)9-18-20-14(10-22(18)17(12)6-7-23)8-13-4-2-3-5-16(13)21-20/h2-5,8-9,11-12,15,17,19,23,25H,6-7,10H2,1H3. The molecule has 0 fully saturated rings. The van der Waals surface area contributed by atoms with Crippen molar-refractivity contribution in [3.8, 4) is 0 Å². The number of pyridine rings is 1. The molecule has 3 heterocycles. The number of benzene rings is 1. The van der Waals surface area contributed by atoms with Crippen LogP contribution < -0.4 is 0 Å². The first-order valence-corrected chi connectivity index (χ1v) is 8.75. The van der Waals surface area contributed by atoms with Gasteiger partial charge in [0.1, 0.15) is 12.4 Å². The Balaban J connectivity index is 1.84. The number of carbonyl (C=O) groups is 1. The van der Waals surface area contributed by atoms with Crippen LogP contribution in [-0.4, -0.2) is 45.1 Å². The van der Waals surface area contributed by atoms with Crippen LogP contribution in [0.1, 0.15) is 24.6 Å². The van der Waals surface area contributed by atoms with Crippen LogP contribution in [0.4, 0.5) is 0 Å². The molecule has 0 saturated carbocycles. The summed E-state index contributed by atoms with van der Waals surface area (Å²) in [5.41, 5.74) is 4.00. The number of para-hydroxylation sites is 1. The van der Waals surface area contributed by atoms with Gasteiger partial charge in [-0.3, -0.25) is 0 Å². The smallest absolute Gasteiger partial charge is 0.149 e. The minimum atomic E-state index is -1.03. The quantitative estimate of drug-likeness (QED) is 0.834.